The second kappa shape index (κ2) is 16.8. The molecule has 0 saturated carbocycles. The van der Waals surface area contributed by atoms with Crippen LogP contribution in [0, 0.1) is 0 Å². The minimum Gasteiger partial charge on any atom is -0.662 e. The van der Waals surface area contributed by atoms with Gasteiger partial charge in [0.1, 0.15) is 0 Å². The van der Waals surface area contributed by atoms with Gasteiger partial charge < -0.3 is 24.3 Å². The highest BCUT2D eigenvalue weighted by Gasteiger charge is 2.23. The SMILES string of the molecule is C=CCC(CC(CC(CC(OC)C(C)=CC(C)=CCC(C)[N-]C)OC)OC)OC. The molecule has 0 bridgehead atoms. The van der Waals surface area contributed by atoms with Crippen molar-refractivity contribution in [3.63, 3.8) is 0 Å². The van der Waals surface area contributed by atoms with Gasteiger partial charge in [-0.05, 0) is 32.3 Å². The number of rotatable bonds is 17. The summed E-state index contributed by atoms with van der Waals surface area (Å²) in [5, 5.41) is 4.28. The lowest BCUT2D eigenvalue weighted by Gasteiger charge is -2.27. The van der Waals surface area contributed by atoms with Crippen LogP contribution in [0.2, 0.25) is 0 Å². The van der Waals surface area contributed by atoms with Crippen molar-refractivity contribution in [3.8, 4) is 0 Å². The summed E-state index contributed by atoms with van der Waals surface area (Å²) < 4.78 is 22.8. The summed E-state index contributed by atoms with van der Waals surface area (Å²) in [6.45, 7) is 10.2. The van der Waals surface area contributed by atoms with E-state index in [-0.39, 0.29) is 24.4 Å². The van der Waals surface area contributed by atoms with Gasteiger partial charge in [-0.3, -0.25) is 0 Å². The van der Waals surface area contributed by atoms with E-state index in [2.05, 4.69) is 44.8 Å². The van der Waals surface area contributed by atoms with Gasteiger partial charge >= 0.3 is 0 Å². The predicted octanol–water partition coefficient (Wildman–Crippen LogP) is 5.47. The molecule has 5 atom stereocenters. The van der Waals surface area contributed by atoms with Crippen LogP contribution in [0.15, 0.2) is 36.0 Å². The summed E-state index contributed by atoms with van der Waals surface area (Å²) >= 11 is 0. The first-order chi connectivity index (χ1) is 13.8. The Balaban J connectivity index is 4.98. The first-order valence-corrected chi connectivity index (χ1v) is 10.5. The Morgan fingerprint density at radius 2 is 1.41 bits per heavy atom. The molecule has 0 radical (unpaired) electrons. The first-order valence-electron chi connectivity index (χ1n) is 10.5. The zero-order chi connectivity index (χ0) is 22.2. The van der Waals surface area contributed by atoms with E-state index in [1.807, 2.05) is 13.1 Å². The Kier molecular flexibility index (Phi) is 16.2. The van der Waals surface area contributed by atoms with E-state index < -0.39 is 0 Å². The van der Waals surface area contributed by atoms with Gasteiger partial charge in [-0.25, -0.2) is 0 Å². The molecule has 0 N–H and O–H groups in total. The molecule has 0 aliphatic heterocycles. The van der Waals surface area contributed by atoms with E-state index >= 15 is 0 Å². The van der Waals surface area contributed by atoms with Crippen LogP contribution in [0.25, 0.3) is 5.32 Å². The van der Waals surface area contributed by atoms with Crippen LogP contribution in [-0.2, 0) is 18.9 Å². The number of hydrogen-bond donors (Lipinski definition) is 0. The van der Waals surface area contributed by atoms with Gasteiger partial charge in [0.05, 0.1) is 24.4 Å². The Hall–Kier alpha value is -0.980. The van der Waals surface area contributed by atoms with E-state index in [0.717, 1.165) is 32.1 Å². The standard InChI is InChI=1S/C24H44NO4/c1-10-11-21(26-6)15-22(27-7)16-23(28-8)17-24(29-9)19(3)14-18(2)12-13-20(4)25-5/h10,12,14,20-24H,1,11,13,15-17H2,2-9H3/q-1. The van der Waals surface area contributed by atoms with Gasteiger partial charge in [0.25, 0.3) is 0 Å². The third-order valence-corrected chi connectivity index (χ3v) is 5.43. The highest BCUT2D eigenvalue weighted by atomic mass is 16.5. The zero-order valence-corrected chi connectivity index (χ0v) is 19.9. The summed E-state index contributed by atoms with van der Waals surface area (Å²) in [5.74, 6) is 0. The summed E-state index contributed by atoms with van der Waals surface area (Å²) in [6, 6.07) is 0.345. The van der Waals surface area contributed by atoms with E-state index in [1.165, 1.54) is 11.1 Å². The first kappa shape index (κ1) is 28.0. The smallest absolute Gasteiger partial charge is 0.0806 e. The molecule has 0 heterocycles. The minimum absolute atomic E-state index is 0.000453. The lowest BCUT2D eigenvalue weighted by molar-refractivity contribution is -0.0263. The molecule has 0 aromatic heterocycles. The molecule has 0 saturated heterocycles. The predicted molar refractivity (Wildman–Crippen MR) is 123 cm³/mol. The number of ether oxygens (including phenoxy) is 4. The molecule has 0 spiro atoms. The quantitative estimate of drug-likeness (QED) is 0.236. The Bertz CT molecular complexity index is 489. The monoisotopic (exact) mass is 410 g/mol. The van der Waals surface area contributed by atoms with Gasteiger partial charge in [-0.2, -0.15) is 7.05 Å². The van der Waals surface area contributed by atoms with Crippen LogP contribution in [0.1, 0.15) is 52.9 Å². The van der Waals surface area contributed by atoms with Crippen molar-refractivity contribution in [3.05, 3.63) is 41.3 Å². The summed E-state index contributed by atoms with van der Waals surface area (Å²) in [7, 11) is 8.84. The highest BCUT2D eigenvalue weighted by Crippen LogP contribution is 2.22. The second-order valence-electron chi connectivity index (χ2n) is 7.71. The third kappa shape index (κ3) is 12.3. The maximum Gasteiger partial charge on any atom is 0.0806 e. The van der Waals surface area contributed by atoms with Crippen molar-refractivity contribution in [1.29, 1.82) is 0 Å². The van der Waals surface area contributed by atoms with Crippen molar-refractivity contribution < 1.29 is 18.9 Å². The van der Waals surface area contributed by atoms with Crippen molar-refractivity contribution >= 4 is 0 Å². The topological polar surface area (TPSA) is 51.0 Å². The van der Waals surface area contributed by atoms with Crippen molar-refractivity contribution in [2.45, 2.75) is 83.3 Å². The Morgan fingerprint density at radius 3 is 1.90 bits per heavy atom. The molecule has 5 unspecified atom stereocenters. The molecule has 0 amide bonds. The maximum atomic E-state index is 5.78. The number of hydrogen-bond acceptors (Lipinski definition) is 4. The van der Waals surface area contributed by atoms with Crippen LogP contribution >= 0.6 is 0 Å². The van der Waals surface area contributed by atoms with Gasteiger partial charge in [-0.1, -0.05) is 37.1 Å². The molecule has 0 rings (SSSR count). The summed E-state index contributed by atoms with van der Waals surface area (Å²) in [5.41, 5.74) is 2.43. The molecule has 170 valence electrons. The van der Waals surface area contributed by atoms with Crippen LogP contribution in [0.3, 0.4) is 0 Å². The number of nitrogens with zero attached hydrogens (tertiary/aromatic N) is 1. The van der Waals surface area contributed by atoms with E-state index in [9.17, 15) is 0 Å². The normalized spacial score (nSPS) is 18.2. The van der Waals surface area contributed by atoms with Crippen molar-refractivity contribution in [2.75, 3.05) is 35.5 Å². The van der Waals surface area contributed by atoms with Crippen LogP contribution in [0.4, 0.5) is 0 Å². The van der Waals surface area contributed by atoms with Gasteiger partial charge in [-0.15, -0.1) is 12.6 Å². The molecule has 0 fully saturated rings. The molecule has 29 heavy (non-hydrogen) atoms. The highest BCUT2D eigenvalue weighted by molar-refractivity contribution is 5.23. The molecule has 0 aliphatic rings. The fourth-order valence-corrected chi connectivity index (χ4v) is 3.32. The fourth-order valence-electron chi connectivity index (χ4n) is 3.32. The summed E-state index contributed by atoms with van der Waals surface area (Å²) in [6.07, 6.45) is 10.7. The van der Waals surface area contributed by atoms with E-state index in [0.29, 0.717) is 6.04 Å². The largest absolute Gasteiger partial charge is 0.662 e. The molecule has 0 aromatic carbocycles. The van der Waals surface area contributed by atoms with Crippen molar-refractivity contribution in [1.82, 2.24) is 0 Å². The third-order valence-electron chi connectivity index (χ3n) is 5.43. The molecule has 0 aliphatic carbocycles. The maximum absolute atomic E-state index is 5.78. The van der Waals surface area contributed by atoms with Crippen LogP contribution in [-0.4, -0.2) is 65.9 Å². The van der Waals surface area contributed by atoms with Crippen LogP contribution < -0.4 is 0 Å². The Morgan fingerprint density at radius 1 is 0.862 bits per heavy atom. The van der Waals surface area contributed by atoms with Crippen molar-refractivity contribution in [2.24, 2.45) is 0 Å². The van der Waals surface area contributed by atoms with E-state index in [4.69, 9.17) is 18.9 Å². The average molecular weight is 411 g/mol. The van der Waals surface area contributed by atoms with E-state index in [1.54, 1.807) is 28.4 Å². The fraction of sp³-hybridized carbons (Fsp3) is 0.750. The molecule has 5 heteroatoms. The Labute approximate surface area is 179 Å². The number of allylic oxidation sites excluding steroid dienone is 2. The lowest BCUT2D eigenvalue weighted by Crippen LogP contribution is -2.30. The molecule has 5 nitrogen and oxygen atoms in total. The lowest BCUT2D eigenvalue weighted by atomic mass is 9.96. The second-order valence-corrected chi connectivity index (χ2v) is 7.71. The average Bonchev–Trinajstić information content (AvgIpc) is 2.73. The zero-order valence-electron chi connectivity index (χ0n) is 19.9. The van der Waals surface area contributed by atoms with Gasteiger partial charge in [0.2, 0.25) is 0 Å². The van der Waals surface area contributed by atoms with Crippen LogP contribution in [0.5, 0.6) is 0 Å². The minimum atomic E-state index is 0.000453. The summed E-state index contributed by atoms with van der Waals surface area (Å²) in [4.78, 5) is 0. The molecular weight excluding hydrogens is 366 g/mol. The van der Waals surface area contributed by atoms with Gasteiger partial charge in [0.15, 0.2) is 0 Å². The number of methoxy groups -OCH3 is 4. The molecule has 0 aromatic rings. The molecular formula is C24H44NO4-. The van der Waals surface area contributed by atoms with Gasteiger partial charge in [0, 0.05) is 41.3 Å².